The fraction of sp³-hybridized carbons (Fsp3) is 0.444. The Labute approximate surface area is 132 Å². The second-order valence-electron chi connectivity index (χ2n) is 6.15. The van der Waals surface area contributed by atoms with E-state index >= 15 is 0 Å². The summed E-state index contributed by atoms with van der Waals surface area (Å²) in [5, 5.41) is 4.71. The van der Waals surface area contributed by atoms with E-state index < -0.39 is 0 Å². The number of pyridine rings is 1. The summed E-state index contributed by atoms with van der Waals surface area (Å²) in [6.45, 7) is 6.43. The van der Waals surface area contributed by atoms with Crippen LogP contribution in [0, 0.1) is 5.92 Å². The number of nitrogens with one attached hydrogen (secondary N) is 1. The van der Waals surface area contributed by atoms with Crippen molar-refractivity contribution in [3.63, 3.8) is 0 Å². The van der Waals surface area contributed by atoms with Gasteiger partial charge >= 0.3 is 0 Å². The zero-order valence-corrected chi connectivity index (χ0v) is 13.6. The molecule has 3 heterocycles. The average Bonchev–Trinajstić information content (AvgIpc) is 3.11. The van der Waals surface area contributed by atoms with Crippen molar-refractivity contribution in [1.29, 1.82) is 0 Å². The Morgan fingerprint density at radius 1 is 1.55 bits per heavy atom. The minimum absolute atomic E-state index is 0.636. The quantitative estimate of drug-likeness (QED) is 0.881. The molecule has 2 aromatic heterocycles. The van der Waals surface area contributed by atoms with Gasteiger partial charge in [-0.2, -0.15) is 0 Å². The number of nitrogens with zero attached hydrogens (tertiary/aromatic N) is 3. The maximum Gasteiger partial charge on any atom is 0.139 e. The number of fused-ring (bicyclic) bond motifs is 1. The van der Waals surface area contributed by atoms with Crippen molar-refractivity contribution >= 4 is 22.8 Å². The first kappa shape index (κ1) is 15.0. The molecule has 2 aromatic rings. The number of rotatable bonds is 4. The predicted molar refractivity (Wildman–Crippen MR) is 93.4 cm³/mol. The van der Waals surface area contributed by atoms with E-state index in [9.17, 15) is 0 Å². The van der Waals surface area contributed by atoms with Crippen LogP contribution in [0.2, 0.25) is 0 Å². The third kappa shape index (κ3) is 2.97. The molecule has 3 rings (SSSR count). The van der Waals surface area contributed by atoms with E-state index in [2.05, 4.69) is 46.2 Å². The largest absolute Gasteiger partial charge is 0.332 e. The summed E-state index contributed by atoms with van der Waals surface area (Å²) >= 11 is 0. The van der Waals surface area contributed by atoms with Gasteiger partial charge in [0.15, 0.2) is 0 Å². The molecule has 4 heteroatoms. The highest BCUT2D eigenvalue weighted by molar-refractivity contribution is 6.10. The van der Waals surface area contributed by atoms with Crippen LogP contribution in [0.3, 0.4) is 0 Å². The van der Waals surface area contributed by atoms with Crippen molar-refractivity contribution in [1.82, 2.24) is 14.9 Å². The Hall–Kier alpha value is -1.94. The minimum Gasteiger partial charge on any atom is -0.332 e. The molecule has 0 amide bonds. The van der Waals surface area contributed by atoms with Crippen LogP contribution in [0.5, 0.6) is 0 Å². The molecule has 4 nitrogen and oxygen atoms in total. The first-order valence-corrected chi connectivity index (χ1v) is 7.98. The van der Waals surface area contributed by atoms with Crippen LogP contribution >= 0.6 is 0 Å². The standard InChI is InChI=1S/C18H24N4/c1-4-15(10-19-3)17-8-16-5-6-22(18(16)21-11-17)12-14-7-13(2)20-9-14/h4-6,8,10-11,13-14,20H,7,9,12H2,1-3H3/b15-4+,19-10?. The Morgan fingerprint density at radius 2 is 2.41 bits per heavy atom. The molecule has 2 atom stereocenters. The van der Waals surface area contributed by atoms with Gasteiger partial charge in [-0.3, -0.25) is 4.99 Å². The van der Waals surface area contributed by atoms with Gasteiger partial charge in [0, 0.05) is 49.2 Å². The van der Waals surface area contributed by atoms with Gasteiger partial charge in [-0.05, 0) is 50.4 Å². The lowest BCUT2D eigenvalue weighted by Gasteiger charge is -2.11. The zero-order chi connectivity index (χ0) is 15.5. The Morgan fingerprint density at radius 3 is 3.09 bits per heavy atom. The van der Waals surface area contributed by atoms with Gasteiger partial charge in [-0.15, -0.1) is 0 Å². The number of hydrogen-bond donors (Lipinski definition) is 1. The minimum atomic E-state index is 0.636. The molecule has 0 bridgehead atoms. The molecule has 116 valence electrons. The molecule has 0 aliphatic carbocycles. The summed E-state index contributed by atoms with van der Waals surface area (Å²) in [6, 6.07) is 5.00. The van der Waals surface area contributed by atoms with Crippen molar-refractivity contribution in [3.8, 4) is 0 Å². The van der Waals surface area contributed by atoms with Crippen molar-refractivity contribution in [2.24, 2.45) is 10.9 Å². The summed E-state index contributed by atoms with van der Waals surface area (Å²) in [5.74, 6) is 0.699. The molecule has 0 spiro atoms. The summed E-state index contributed by atoms with van der Waals surface area (Å²) in [5.41, 5.74) is 3.31. The van der Waals surface area contributed by atoms with Crippen molar-refractivity contribution in [3.05, 3.63) is 36.2 Å². The lowest BCUT2D eigenvalue weighted by molar-refractivity contribution is 0.481. The van der Waals surface area contributed by atoms with Crippen molar-refractivity contribution in [2.75, 3.05) is 13.6 Å². The Bertz CT molecular complexity index is 711. The van der Waals surface area contributed by atoms with Crippen LogP contribution in [0.4, 0.5) is 0 Å². The fourth-order valence-corrected chi connectivity index (χ4v) is 3.29. The second-order valence-corrected chi connectivity index (χ2v) is 6.15. The van der Waals surface area contributed by atoms with Gasteiger partial charge in [0.05, 0.1) is 0 Å². The van der Waals surface area contributed by atoms with Crippen LogP contribution in [-0.2, 0) is 6.54 Å². The SMILES string of the molecule is C/C=C(\C=NC)c1cnc2c(ccn2CC2CNC(C)C2)c1. The van der Waals surface area contributed by atoms with E-state index in [1.807, 2.05) is 19.3 Å². The third-order valence-electron chi connectivity index (χ3n) is 4.41. The molecule has 1 fully saturated rings. The van der Waals surface area contributed by atoms with Gasteiger partial charge in [-0.1, -0.05) is 6.08 Å². The average molecular weight is 296 g/mol. The van der Waals surface area contributed by atoms with Crippen LogP contribution in [0.1, 0.15) is 25.8 Å². The van der Waals surface area contributed by atoms with E-state index in [-0.39, 0.29) is 0 Å². The molecular formula is C18H24N4. The van der Waals surface area contributed by atoms with Gasteiger partial charge < -0.3 is 9.88 Å². The first-order valence-electron chi connectivity index (χ1n) is 7.98. The lowest BCUT2D eigenvalue weighted by atomic mass is 10.1. The van der Waals surface area contributed by atoms with E-state index in [1.54, 1.807) is 7.05 Å². The summed E-state index contributed by atoms with van der Waals surface area (Å²) in [4.78, 5) is 8.80. The Balaban J connectivity index is 1.86. The highest BCUT2D eigenvalue weighted by Crippen LogP contribution is 2.22. The van der Waals surface area contributed by atoms with Crippen molar-refractivity contribution < 1.29 is 0 Å². The zero-order valence-electron chi connectivity index (χ0n) is 13.6. The van der Waals surface area contributed by atoms with Gasteiger partial charge in [0.25, 0.3) is 0 Å². The van der Waals surface area contributed by atoms with Crippen LogP contribution in [0.25, 0.3) is 16.6 Å². The molecule has 0 aromatic carbocycles. The summed E-state index contributed by atoms with van der Waals surface area (Å²) < 4.78 is 2.28. The van der Waals surface area contributed by atoms with Gasteiger partial charge in [0.2, 0.25) is 0 Å². The smallest absolute Gasteiger partial charge is 0.139 e. The summed E-state index contributed by atoms with van der Waals surface area (Å²) in [6.07, 6.45) is 9.30. The highest BCUT2D eigenvalue weighted by atomic mass is 15.0. The molecule has 2 unspecified atom stereocenters. The van der Waals surface area contributed by atoms with E-state index in [0.717, 1.165) is 29.9 Å². The number of hydrogen-bond acceptors (Lipinski definition) is 3. The molecule has 1 aliphatic heterocycles. The van der Waals surface area contributed by atoms with E-state index in [1.165, 1.54) is 11.8 Å². The molecular weight excluding hydrogens is 272 g/mol. The summed E-state index contributed by atoms with van der Waals surface area (Å²) in [7, 11) is 1.79. The normalized spacial score (nSPS) is 23.0. The molecule has 1 saturated heterocycles. The van der Waals surface area contributed by atoms with Crippen LogP contribution in [0.15, 0.2) is 35.6 Å². The lowest BCUT2D eigenvalue weighted by Crippen LogP contribution is -2.17. The maximum atomic E-state index is 4.69. The predicted octanol–water partition coefficient (Wildman–Crippen LogP) is 3.14. The molecule has 0 radical (unpaired) electrons. The number of aliphatic imine (C=N–C) groups is 1. The van der Waals surface area contributed by atoms with Crippen molar-refractivity contribution in [2.45, 2.75) is 32.9 Å². The fourth-order valence-electron chi connectivity index (χ4n) is 3.29. The van der Waals surface area contributed by atoms with Crippen LogP contribution < -0.4 is 5.32 Å². The van der Waals surface area contributed by atoms with Gasteiger partial charge in [0.1, 0.15) is 5.65 Å². The maximum absolute atomic E-state index is 4.69. The number of aromatic nitrogens is 2. The second kappa shape index (κ2) is 6.44. The van der Waals surface area contributed by atoms with Gasteiger partial charge in [-0.25, -0.2) is 4.98 Å². The topological polar surface area (TPSA) is 42.2 Å². The Kier molecular flexibility index (Phi) is 4.39. The monoisotopic (exact) mass is 296 g/mol. The molecule has 22 heavy (non-hydrogen) atoms. The van der Waals surface area contributed by atoms with E-state index in [0.29, 0.717) is 12.0 Å². The first-order chi connectivity index (χ1) is 10.7. The van der Waals surface area contributed by atoms with E-state index in [4.69, 9.17) is 4.98 Å². The molecule has 1 N–H and O–H groups in total. The molecule has 1 aliphatic rings. The highest BCUT2D eigenvalue weighted by Gasteiger charge is 2.21. The third-order valence-corrected chi connectivity index (χ3v) is 4.41. The molecule has 0 saturated carbocycles. The van der Waals surface area contributed by atoms with Crippen LogP contribution in [-0.4, -0.2) is 35.4 Å². The number of allylic oxidation sites excluding steroid dienone is 2.